The number of hydrogen-bond donors (Lipinski definition) is 2. The number of carboxylic acids is 1. The number of likely N-dealkylation sites (tertiary alicyclic amines) is 1. The second-order valence-electron chi connectivity index (χ2n) is 6.04. The Morgan fingerprint density at radius 1 is 1.53 bits per heavy atom. The number of hydrogen-bond acceptors (Lipinski definition) is 4. The van der Waals surface area contributed by atoms with Crippen LogP contribution in [0.4, 0.5) is 0 Å². The predicted molar refractivity (Wildman–Crippen MR) is 77.5 cm³/mol. The zero-order valence-electron chi connectivity index (χ0n) is 12.7. The molecule has 1 saturated heterocycles. The molecular formula is C14H29N3O2. The Bertz CT molecular complexity index is 284. The van der Waals surface area contributed by atoms with E-state index in [1.165, 1.54) is 19.4 Å². The van der Waals surface area contributed by atoms with Crippen LogP contribution in [0.5, 0.6) is 0 Å². The molecule has 2 atom stereocenters. The highest BCUT2D eigenvalue weighted by Crippen LogP contribution is 2.15. The minimum atomic E-state index is -0.750. The number of carbonyl (C=O) groups is 1. The molecule has 0 aliphatic carbocycles. The minimum Gasteiger partial charge on any atom is -0.480 e. The molecule has 0 saturated carbocycles. The summed E-state index contributed by atoms with van der Waals surface area (Å²) in [6.07, 6.45) is 3.19. The quantitative estimate of drug-likeness (QED) is 0.685. The van der Waals surface area contributed by atoms with Crippen molar-refractivity contribution in [1.29, 1.82) is 0 Å². The summed E-state index contributed by atoms with van der Waals surface area (Å²) in [5.74, 6) is -0.750. The highest BCUT2D eigenvalue weighted by atomic mass is 16.4. The molecule has 1 rings (SSSR count). The zero-order chi connectivity index (χ0) is 14.4. The van der Waals surface area contributed by atoms with E-state index in [4.69, 9.17) is 0 Å². The molecule has 0 bridgehead atoms. The molecule has 0 spiro atoms. The standard InChI is InChI=1S/C14H29N3O2/c1-11(2)15-13(14(18)19)7-9-16(3)10-12-6-5-8-17(12)4/h11-13,15H,5-10H2,1-4H3,(H,18,19). The second-order valence-corrected chi connectivity index (χ2v) is 6.04. The average Bonchev–Trinajstić information content (AvgIpc) is 2.69. The molecule has 1 aliphatic rings. The van der Waals surface area contributed by atoms with Crippen LogP contribution in [0, 0.1) is 0 Å². The topological polar surface area (TPSA) is 55.8 Å². The van der Waals surface area contributed by atoms with Crippen LogP contribution < -0.4 is 5.32 Å². The number of aliphatic carboxylic acids is 1. The van der Waals surface area contributed by atoms with Gasteiger partial charge in [-0.05, 0) is 46.4 Å². The van der Waals surface area contributed by atoms with Gasteiger partial charge in [-0.1, -0.05) is 13.8 Å². The number of likely N-dealkylation sites (N-methyl/N-ethyl adjacent to an activating group) is 2. The molecule has 1 heterocycles. The maximum absolute atomic E-state index is 11.2. The molecule has 1 aliphatic heterocycles. The first-order valence-electron chi connectivity index (χ1n) is 7.27. The zero-order valence-corrected chi connectivity index (χ0v) is 12.7. The molecule has 0 aromatic carbocycles. The molecule has 19 heavy (non-hydrogen) atoms. The molecule has 5 heteroatoms. The normalized spacial score (nSPS) is 22.3. The maximum Gasteiger partial charge on any atom is 0.320 e. The average molecular weight is 271 g/mol. The van der Waals surface area contributed by atoms with Gasteiger partial charge in [0.2, 0.25) is 0 Å². The van der Waals surface area contributed by atoms with Crippen molar-refractivity contribution in [2.24, 2.45) is 0 Å². The molecule has 0 amide bonds. The first kappa shape index (κ1) is 16.4. The van der Waals surface area contributed by atoms with Crippen molar-refractivity contribution in [1.82, 2.24) is 15.1 Å². The summed E-state index contributed by atoms with van der Waals surface area (Å²) < 4.78 is 0. The third-order valence-electron chi connectivity index (χ3n) is 3.83. The molecule has 0 aromatic heterocycles. The van der Waals surface area contributed by atoms with Crippen molar-refractivity contribution in [2.75, 3.05) is 33.7 Å². The van der Waals surface area contributed by atoms with Gasteiger partial charge in [-0.3, -0.25) is 4.79 Å². The van der Waals surface area contributed by atoms with Gasteiger partial charge >= 0.3 is 5.97 Å². The number of nitrogens with zero attached hydrogens (tertiary/aromatic N) is 2. The monoisotopic (exact) mass is 271 g/mol. The Labute approximate surface area is 117 Å². The van der Waals surface area contributed by atoms with Crippen LogP contribution in [0.3, 0.4) is 0 Å². The van der Waals surface area contributed by atoms with Crippen LogP contribution in [-0.2, 0) is 4.79 Å². The third kappa shape index (κ3) is 5.89. The van der Waals surface area contributed by atoms with Gasteiger partial charge in [0.05, 0.1) is 0 Å². The number of carboxylic acid groups (broad SMARTS) is 1. The van der Waals surface area contributed by atoms with Crippen LogP contribution in [0.25, 0.3) is 0 Å². The van der Waals surface area contributed by atoms with E-state index in [1.807, 2.05) is 13.8 Å². The van der Waals surface area contributed by atoms with E-state index in [0.717, 1.165) is 13.1 Å². The van der Waals surface area contributed by atoms with Crippen LogP contribution in [0.15, 0.2) is 0 Å². The lowest BCUT2D eigenvalue weighted by atomic mass is 10.1. The van der Waals surface area contributed by atoms with E-state index in [0.29, 0.717) is 12.5 Å². The van der Waals surface area contributed by atoms with E-state index in [1.54, 1.807) is 0 Å². The van der Waals surface area contributed by atoms with Crippen molar-refractivity contribution in [3.05, 3.63) is 0 Å². The van der Waals surface area contributed by atoms with Crippen molar-refractivity contribution in [3.63, 3.8) is 0 Å². The fourth-order valence-electron chi connectivity index (χ4n) is 2.69. The fourth-order valence-corrected chi connectivity index (χ4v) is 2.69. The SMILES string of the molecule is CC(C)NC(CCN(C)CC1CCCN1C)C(=O)O. The van der Waals surface area contributed by atoms with Crippen molar-refractivity contribution in [2.45, 2.75) is 51.2 Å². The summed E-state index contributed by atoms with van der Waals surface area (Å²) in [5.41, 5.74) is 0. The first-order chi connectivity index (χ1) is 8.90. The van der Waals surface area contributed by atoms with Crippen LogP contribution in [0.2, 0.25) is 0 Å². The van der Waals surface area contributed by atoms with E-state index < -0.39 is 12.0 Å². The van der Waals surface area contributed by atoms with E-state index >= 15 is 0 Å². The molecule has 1 fully saturated rings. The van der Waals surface area contributed by atoms with Crippen molar-refractivity contribution < 1.29 is 9.90 Å². The molecule has 0 radical (unpaired) electrons. The summed E-state index contributed by atoms with van der Waals surface area (Å²) in [6.45, 7) is 7.00. The number of rotatable bonds is 8. The lowest BCUT2D eigenvalue weighted by molar-refractivity contribution is -0.139. The Morgan fingerprint density at radius 3 is 2.68 bits per heavy atom. The Hall–Kier alpha value is -0.650. The van der Waals surface area contributed by atoms with Gasteiger partial charge in [0, 0.05) is 18.6 Å². The van der Waals surface area contributed by atoms with Gasteiger partial charge < -0.3 is 20.2 Å². The van der Waals surface area contributed by atoms with Crippen LogP contribution in [0.1, 0.15) is 33.1 Å². The Kier molecular flexibility index (Phi) is 6.75. The lowest BCUT2D eigenvalue weighted by Gasteiger charge is -2.27. The molecular weight excluding hydrogens is 242 g/mol. The Balaban J connectivity index is 2.30. The molecule has 2 N–H and O–H groups in total. The van der Waals surface area contributed by atoms with Crippen LogP contribution >= 0.6 is 0 Å². The van der Waals surface area contributed by atoms with Gasteiger partial charge in [-0.25, -0.2) is 0 Å². The second kappa shape index (κ2) is 7.82. The fraction of sp³-hybridized carbons (Fsp3) is 0.929. The summed E-state index contributed by atoms with van der Waals surface area (Å²) in [4.78, 5) is 15.8. The van der Waals surface area contributed by atoms with Gasteiger partial charge in [-0.2, -0.15) is 0 Å². The molecule has 0 aromatic rings. The van der Waals surface area contributed by atoms with E-state index in [2.05, 4.69) is 29.2 Å². The smallest absolute Gasteiger partial charge is 0.320 e. The third-order valence-corrected chi connectivity index (χ3v) is 3.83. The minimum absolute atomic E-state index is 0.201. The Morgan fingerprint density at radius 2 is 2.21 bits per heavy atom. The summed E-state index contributed by atoms with van der Waals surface area (Å²) in [5, 5.41) is 12.3. The van der Waals surface area contributed by atoms with E-state index in [-0.39, 0.29) is 6.04 Å². The molecule has 112 valence electrons. The molecule has 5 nitrogen and oxygen atoms in total. The van der Waals surface area contributed by atoms with Gasteiger partial charge in [0.25, 0.3) is 0 Å². The summed E-state index contributed by atoms with van der Waals surface area (Å²) in [6, 6.07) is 0.391. The highest BCUT2D eigenvalue weighted by Gasteiger charge is 2.23. The van der Waals surface area contributed by atoms with E-state index in [9.17, 15) is 9.90 Å². The van der Waals surface area contributed by atoms with Crippen LogP contribution in [-0.4, -0.2) is 72.7 Å². The largest absolute Gasteiger partial charge is 0.480 e. The number of nitrogens with one attached hydrogen (secondary N) is 1. The van der Waals surface area contributed by atoms with Crippen molar-refractivity contribution >= 4 is 5.97 Å². The lowest BCUT2D eigenvalue weighted by Crippen LogP contribution is -2.44. The first-order valence-corrected chi connectivity index (χ1v) is 7.27. The summed E-state index contributed by atoms with van der Waals surface area (Å²) >= 11 is 0. The summed E-state index contributed by atoms with van der Waals surface area (Å²) in [7, 11) is 4.26. The predicted octanol–water partition coefficient (Wildman–Crippen LogP) is 0.854. The maximum atomic E-state index is 11.2. The highest BCUT2D eigenvalue weighted by molar-refractivity contribution is 5.73. The molecule has 2 unspecified atom stereocenters. The van der Waals surface area contributed by atoms with Gasteiger partial charge in [0.1, 0.15) is 6.04 Å². The van der Waals surface area contributed by atoms with Crippen molar-refractivity contribution in [3.8, 4) is 0 Å². The van der Waals surface area contributed by atoms with Gasteiger partial charge in [0.15, 0.2) is 0 Å². The van der Waals surface area contributed by atoms with Gasteiger partial charge in [-0.15, -0.1) is 0 Å².